The highest BCUT2D eigenvalue weighted by atomic mass is 14.8. The Kier molecular flexibility index (Phi) is 2.15. The number of aromatic nitrogens is 1. The number of H-pyrrole nitrogens is 1. The molecule has 2 nitrogen and oxygen atoms in total. The van der Waals surface area contributed by atoms with Gasteiger partial charge in [0.05, 0.1) is 5.69 Å². The first-order valence-electron chi connectivity index (χ1n) is 6.20. The van der Waals surface area contributed by atoms with Crippen molar-refractivity contribution < 1.29 is 4.98 Å². The Balaban J connectivity index is 2.16. The van der Waals surface area contributed by atoms with Crippen molar-refractivity contribution in [3.05, 3.63) is 22.5 Å². The van der Waals surface area contributed by atoms with Gasteiger partial charge in [0.2, 0.25) is 0 Å². The van der Waals surface area contributed by atoms with E-state index in [1.54, 1.807) is 0 Å². The molecular formula is C13H19N2+. The Labute approximate surface area is 90.9 Å². The van der Waals surface area contributed by atoms with Crippen LogP contribution in [-0.4, -0.2) is 0 Å². The number of nitrogens with one attached hydrogen (secondary N) is 1. The van der Waals surface area contributed by atoms with Crippen LogP contribution >= 0.6 is 0 Å². The number of hydrogen-bond acceptors (Lipinski definition) is 1. The van der Waals surface area contributed by atoms with Crippen LogP contribution in [0.1, 0.15) is 48.2 Å². The zero-order chi connectivity index (χ0) is 10.3. The van der Waals surface area contributed by atoms with E-state index in [0.29, 0.717) is 0 Å². The van der Waals surface area contributed by atoms with Crippen LogP contribution in [0.5, 0.6) is 0 Å². The maximum absolute atomic E-state index is 6.30. The summed E-state index contributed by atoms with van der Waals surface area (Å²) in [6, 6.07) is 0. The first-order chi connectivity index (χ1) is 7.36. The zero-order valence-corrected chi connectivity index (χ0v) is 9.23. The lowest BCUT2D eigenvalue weighted by Gasteiger charge is -2.19. The van der Waals surface area contributed by atoms with Crippen LogP contribution in [0.25, 0.3) is 0 Å². The minimum atomic E-state index is 1.12. The number of aromatic amines is 1. The summed E-state index contributed by atoms with van der Waals surface area (Å²) >= 11 is 0. The number of aryl methyl sites for hydroxylation is 2. The molecule has 0 fully saturated rings. The van der Waals surface area contributed by atoms with E-state index in [2.05, 4.69) is 4.98 Å². The molecule has 0 amide bonds. The second kappa shape index (κ2) is 3.51. The van der Waals surface area contributed by atoms with E-state index < -0.39 is 0 Å². The normalized spacial score (nSPS) is 19.5. The quantitative estimate of drug-likeness (QED) is 0.686. The smallest absolute Gasteiger partial charge is 0.185 e. The fourth-order valence-electron chi connectivity index (χ4n) is 3.05. The number of anilines is 1. The SMILES string of the molecule is Nc1c2c([nH+]c3c1CCCC3)CCCC2. The van der Waals surface area contributed by atoms with E-state index in [4.69, 9.17) is 5.73 Å². The van der Waals surface area contributed by atoms with Gasteiger partial charge in [-0.3, -0.25) is 0 Å². The third-order valence-corrected chi connectivity index (χ3v) is 3.89. The molecule has 1 heterocycles. The molecule has 0 spiro atoms. The Morgan fingerprint density at radius 2 is 1.20 bits per heavy atom. The molecule has 0 radical (unpaired) electrons. The van der Waals surface area contributed by atoms with Crippen molar-refractivity contribution in [3.63, 3.8) is 0 Å². The topological polar surface area (TPSA) is 40.2 Å². The molecule has 0 unspecified atom stereocenters. The summed E-state index contributed by atoms with van der Waals surface area (Å²) in [4.78, 5) is 3.65. The highest BCUT2D eigenvalue weighted by Crippen LogP contribution is 2.30. The van der Waals surface area contributed by atoms with Crippen molar-refractivity contribution in [2.45, 2.75) is 51.4 Å². The van der Waals surface area contributed by atoms with Gasteiger partial charge in [0.15, 0.2) is 11.4 Å². The zero-order valence-electron chi connectivity index (χ0n) is 9.23. The van der Waals surface area contributed by atoms with Gasteiger partial charge in [0.1, 0.15) is 0 Å². The highest BCUT2D eigenvalue weighted by molar-refractivity contribution is 5.56. The number of fused-ring (bicyclic) bond motifs is 2. The fraction of sp³-hybridized carbons (Fsp3) is 0.615. The minimum Gasteiger partial charge on any atom is -0.398 e. The Bertz CT molecular complexity index is 362. The number of nitrogens with two attached hydrogens (primary N) is 1. The molecule has 0 atom stereocenters. The van der Waals surface area contributed by atoms with Crippen LogP contribution in [0.2, 0.25) is 0 Å². The molecule has 0 aromatic carbocycles. The molecule has 3 rings (SSSR count). The summed E-state index contributed by atoms with van der Waals surface area (Å²) in [5, 5.41) is 0. The van der Waals surface area contributed by atoms with Crippen LogP contribution in [0.3, 0.4) is 0 Å². The molecule has 0 saturated heterocycles. The second-order valence-corrected chi connectivity index (χ2v) is 4.87. The van der Waals surface area contributed by atoms with Crippen LogP contribution < -0.4 is 10.7 Å². The van der Waals surface area contributed by atoms with Crippen LogP contribution in [0, 0.1) is 0 Å². The molecule has 3 N–H and O–H groups in total. The van der Waals surface area contributed by atoms with Gasteiger partial charge in [-0.15, -0.1) is 0 Å². The van der Waals surface area contributed by atoms with Gasteiger partial charge in [-0.1, -0.05) is 0 Å². The maximum atomic E-state index is 6.30. The maximum Gasteiger partial charge on any atom is 0.185 e. The molecule has 0 saturated carbocycles. The van der Waals surface area contributed by atoms with Crippen LogP contribution in [-0.2, 0) is 25.7 Å². The summed E-state index contributed by atoms with van der Waals surface area (Å²) in [7, 11) is 0. The first-order valence-corrected chi connectivity index (χ1v) is 6.20. The number of nitrogen functional groups attached to an aromatic ring is 1. The molecule has 80 valence electrons. The first kappa shape index (κ1) is 9.20. The molecule has 2 aliphatic rings. The molecule has 15 heavy (non-hydrogen) atoms. The Hall–Kier alpha value is -1.05. The number of rotatable bonds is 0. The van der Waals surface area contributed by atoms with E-state index >= 15 is 0 Å². The van der Waals surface area contributed by atoms with Gasteiger partial charge in [-0.25, -0.2) is 4.98 Å². The highest BCUT2D eigenvalue weighted by Gasteiger charge is 2.26. The number of hydrogen-bond donors (Lipinski definition) is 1. The molecule has 2 aliphatic carbocycles. The van der Waals surface area contributed by atoms with Crippen molar-refractivity contribution in [2.24, 2.45) is 0 Å². The van der Waals surface area contributed by atoms with Gasteiger partial charge in [0, 0.05) is 24.0 Å². The van der Waals surface area contributed by atoms with Crippen molar-refractivity contribution in [2.75, 3.05) is 5.73 Å². The standard InChI is InChI=1S/C13H18N2/c14-13-9-5-1-3-7-11(9)15-12-8-4-2-6-10(12)13/h1-8H2,(H2,14,15)/p+1. The molecule has 0 bridgehead atoms. The molecular weight excluding hydrogens is 184 g/mol. The predicted molar refractivity (Wildman–Crippen MR) is 60.7 cm³/mol. The Morgan fingerprint density at radius 3 is 1.73 bits per heavy atom. The fourth-order valence-corrected chi connectivity index (χ4v) is 3.05. The van der Waals surface area contributed by atoms with Crippen molar-refractivity contribution in [3.8, 4) is 0 Å². The largest absolute Gasteiger partial charge is 0.398 e. The summed E-state index contributed by atoms with van der Waals surface area (Å²) in [5.74, 6) is 0. The van der Waals surface area contributed by atoms with E-state index in [0.717, 1.165) is 5.69 Å². The predicted octanol–water partition coefficient (Wildman–Crippen LogP) is 1.84. The van der Waals surface area contributed by atoms with Crippen molar-refractivity contribution >= 4 is 5.69 Å². The van der Waals surface area contributed by atoms with Crippen molar-refractivity contribution in [1.29, 1.82) is 0 Å². The van der Waals surface area contributed by atoms with Gasteiger partial charge < -0.3 is 5.73 Å². The number of pyridine rings is 1. The second-order valence-electron chi connectivity index (χ2n) is 4.87. The van der Waals surface area contributed by atoms with E-state index in [-0.39, 0.29) is 0 Å². The third kappa shape index (κ3) is 1.43. The van der Waals surface area contributed by atoms with Crippen LogP contribution in [0.4, 0.5) is 5.69 Å². The lowest BCUT2D eigenvalue weighted by Crippen LogP contribution is -2.28. The minimum absolute atomic E-state index is 1.12. The van der Waals surface area contributed by atoms with E-state index in [1.807, 2.05) is 0 Å². The monoisotopic (exact) mass is 203 g/mol. The van der Waals surface area contributed by atoms with E-state index in [9.17, 15) is 0 Å². The van der Waals surface area contributed by atoms with Crippen molar-refractivity contribution in [1.82, 2.24) is 0 Å². The molecule has 1 aromatic rings. The van der Waals surface area contributed by atoms with Gasteiger partial charge in [-0.2, -0.15) is 0 Å². The average Bonchev–Trinajstić information content (AvgIpc) is 2.30. The van der Waals surface area contributed by atoms with E-state index in [1.165, 1.54) is 73.9 Å². The summed E-state index contributed by atoms with van der Waals surface area (Å²) in [6.07, 6.45) is 10.0. The summed E-state index contributed by atoms with van der Waals surface area (Å²) < 4.78 is 0. The average molecular weight is 203 g/mol. The van der Waals surface area contributed by atoms with Crippen LogP contribution in [0.15, 0.2) is 0 Å². The van der Waals surface area contributed by atoms with Gasteiger partial charge in [0.25, 0.3) is 0 Å². The summed E-state index contributed by atoms with van der Waals surface area (Å²) in [6.45, 7) is 0. The molecule has 2 heteroatoms. The Morgan fingerprint density at radius 1 is 0.733 bits per heavy atom. The molecule has 0 aliphatic heterocycles. The lowest BCUT2D eigenvalue weighted by atomic mass is 9.87. The van der Waals surface area contributed by atoms with Gasteiger partial charge in [-0.05, 0) is 38.5 Å². The lowest BCUT2D eigenvalue weighted by molar-refractivity contribution is -0.404. The third-order valence-electron chi connectivity index (χ3n) is 3.89. The molecule has 1 aromatic heterocycles. The van der Waals surface area contributed by atoms with Gasteiger partial charge >= 0.3 is 0 Å². The summed E-state index contributed by atoms with van der Waals surface area (Å²) in [5.41, 5.74) is 13.2.